The van der Waals surface area contributed by atoms with Crippen molar-refractivity contribution < 1.29 is 33.3 Å². The van der Waals surface area contributed by atoms with Gasteiger partial charge in [-0.15, -0.1) is 0 Å². The maximum atomic E-state index is 12.6. The summed E-state index contributed by atoms with van der Waals surface area (Å²) in [4.78, 5) is 37.2. The summed E-state index contributed by atoms with van der Waals surface area (Å²) in [5, 5.41) is 0. The quantitative estimate of drug-likeness (QED) is 0.373. The fourth-order valence-corrected chi connectivity index (χ4v) is 1.64. The highest BCUT2D eigenvalue weighted by atomic mass is 16.6. The van der Waals surface area contributed by atoms with Crippen molar-refractivity contribution in [1.82, 2.24) is 0 Å². The van der Waals surface area contributed by atoms with E-state index >= 15 is 0 Å². The first-order valence-electron chi connectivity index (χ1n) is 8.45. The molecular weight excluding hydrogens is 328 g/mol. The molecule has 0 radical (unpaired) electrons. The predicted octanol–water partition coefficient (Wildman–Crippen LogP) is 2.50. The van der Waals surface area contributed by atoms with Crippen molar-refractivity contribution in [1.29, 1.82) is 0 Å². The molecule has 7 heteroatoms. The maximum Gasteiger partial charge on any atom is 0.329 e. The molecule has 0 aromatic rings. The van der Waals surface area contributed by atoms with E-state index in [9.17, 15) is 14.4 Å². The fourth-order valence-electron chi connectivity index (χ4n) is 1.64. The third-order valence-electron chi connectivity index (χ3n) is 3.15. The highest BCUT2D eigenvalue weighted by Gasteiger charge is 2.52. The third kappa shape index (κ3) is 7.42. The zero-order valence-corrected chi connectivity index (χ0v) is 16.7. The minimum Gasteiger partial charge on any atom is -0.465 e. The zero-order chi connectivity index (χ0) is 19.9. The molecule has 0 unspecified atom stereocenters. The second-order valence-electron chi connectivity index (χ2n) is 7.75. The van der Waals surface area contributed by atoms with Crippen LogP contribution in [0.4, 0.5) is 0 Å². The van der Waals surface area contributed by atoms with Crippen molar-refractivity contribution in [2.45, 2.75) is 61.0 Å². The molecule has 0 aromatic carbocycles. The average Bonchev–Trinajstić information content (AvgIpc) is 2.45. The van der Waals surface area contributed by atoms with E-state index in [1.54, 1.807) is 55.4 Å². The first-order chi connectivity index (χ1) is 11.3. The fraction of sp³-hybridized carbons (Fsp3) is 0.833. The second kappa shape index (κ2) is 9.17. The number of hydrogen-bond acceptors (Lipinski definition) is 7. The first kappa shape index (κ1) is 23.4. The molecule has 25 heavy (non-hydrogen) atoms. The van der Waals surface area contributed by atoms with Gasteiger partial charge in [0, 0.05) is 0 Å². The molecule has 0 bridgehead atoms. The van der Waals surface area contributed by atoms with E-state index in [1.807, 2.05) is 0 Å². The van der Waals surface area contributed by atoms with Gasteiger partial charge in [0.2, 0.25) is 5.41 Å². The lowest BCUT2D eigenvalue weighted by atomic mass is 9.89. The standard InChI is InChI=1S/C18H32O7/c1-9-22-14(20)18(15(21)23-10-2,12-25-17(6,7)8)11-24-13(19)16(3,4)5/h9-12H2,1-8H3. The average molecular weight is 360 g/mol. The van der Waals surface area contributed by atoms with Gasteiger partial charge in [-0.2, -0.15) is 0 Å². The van der Waals surface area contributed by atoms with Gasteiger partial charge in [-0.05, 0) is 55.4 Å². The second-order valence-corrected chi connectivity index (χ2v) is 7.75. The SMILES string of the molecule is CCOC(=O)C(COC(=O)C(C)(C)C)(COC(C)(C)C)C(=O)OCC. The molecule has 0 rings (SSSR count). The number of carbonyl (C=O) groups is 3. The topological polar surface area (TPSA) is 88.1 Å². The lowest BCUT2D eigenvalue weighted by Gasteiger charge is -2.32. The van der Waals surface area contributed by atoms with Crippen LogP contribution in [-0.2, 0) is 33.3 Å². The minimum absolute atomic E-state index is 0.0721. The van der Waals surface area contributed by atoms with Crippen molar-refractivity contribution >= 4 is 17.9 Å². The van der Waals surface area contributed by atoms with Crippen LogP contribution in [0.2, 0.25) is 0 Å². The molecule has 0 atom stereocenters. The Bertz CT molecular complexity index is 451. The van der Waals surface area contributed by atoms with Crippen molar-refractivity contribution in [3.8, 4) is 0 Å². The van der Waals surface area contributed by atoms with Crippen LogP contribution < -0.4 is 0 Å². The Hall–Kier alpha value is -1.63. The van der Waals surface area contributed by atoms with E-state index in [4.69, 9.17) is 18.9 Å². The minimum atomic E-state index is -1.86. The van der Waals surface area contributed by atoms with Crippen LogP contribution in [-0.4, -0.2) is 49.9 Å². The number of rotatable bonds is 8. The van der Waals surface area contributed by atoms with Crippen LogP contribution in [0.15, 0.2) is 0 Å². The number of ether oxygens (including phenoxy) is 4. The Balaban J connectivity index is 5.69. The van der Waals surface area contributed by atoms with Gasteiger partial charge < -0.3 is 18.9 Å². The van der Waals surface area contributed by atoms with Gasteiger partial charge in [0.05, 0.1) is 30.8 Å². The zero-order valence-electron chi connectivity index (χ0n) is 16.7. The van der Waals surface area contributed by atoms with Crippen molar-refractivity contribution in [2.75, 3.05) is 26.4 Å². The Morgan fingerprint density at radius 2 is 1.12 bits per heavy atom. The van der Waals surface area contributed by atoms with Crippen molar-refractivity contribution in [3.63, 3.8) is 0 Å². The number of hydrogen-bond donors (Lipinski definition) is 0. The van der Waals surface area contributed by atoms with Crippen LogP contribution in [0.1, 0.15) is 55.4 Å². The summed E-state index contributed by atoms with van der Waals surface area (Å²) in [6.45, 7) is 13.0. The molecule has 0 amide bonds. The summed E-state index contributed by atoms with van der Waals surface area (Å²) in [6.07, 6.45) is 0. The van der Waals surface area contributed by atoms with Crippen LogP contribution in [0.25, 0.3) is 0 Å². The van der Waals surface area contributed by atoms with Gasteiger partial charge in [0.25, 0.3) is 0 Å². The van der Waals surface area contributed by atoms with Crippen LogP contribution >= 0.6 is 0 Å². The molecule has 0 aromatic heterocycles. The molecule has 0 aliphatic rings. The van der Waals surface area contributed by atoms with Gasteiger partial charge in [-0.3, -0.25) is 14.4 Å². The largest absolute Gasteiger partial charge is 0.465 e. The first-order valence-corrected chi connectivity index (χ1v) is 8.45. The molecule has 0 saturated heterocycles. The van der Waals surface area contributed by atoms with Gasteiger partial charge in [-0.25, -0.2) is 0 Å². The highest BCUT2D eigenvalue weighted by molar-refractivity contribution is 6.00. The van der Waals surface area contributed by atoms with E-state index in [0.717, 1.165) is 0 Å². The monoisotopic (exact) mass is 360 g/mol. The molecular formula is C18H32O7. The Labute approximate surface area is 150 Å². The molecule has 0 saturated carbocycles. The molecule has 146 valence electrons. The summed E-state index contributed by atoms with van der Waals surface area (Å²) in [5.74, 6) is -2.21. The van der Waals surface area contributed by atoms with Crippen LogP contribution in [0, 0.1) is 10.8 Å². The maximum absolute atomic E-state index is 12.6. The number of esters is 3. The van der Waals surface area contributed by atoms with Crippen molar-refractivity contribution in [2.24, 2.45) is 10.8 Å². The number of carbonyl (C=O) groups excluding carboxylic acids is 3. The summed E-state index contributed by atoms with van der Waals surface area (Å²) in [6, 6.07) is 0. The van der Waals surface area contributed by atoms with Gasteiger partial charge >= 0.3 is 17.9 Å². The van der Waals surface area contributed by atoms with Crippen LogP contribution in [0.5, 0.6) is 0 Å². The molecule has 7 nitrogen and oxygen atoms in total. The van der Waals surface area contributed by atoms with Gasteiger partial charge in [-0.1, -0.05) is 0 Å². The van der Waals surface area contributed by atoms with E-state index in [2.05, 4.69) is 0 Å². The highest BCUT2D eigenvalue weighted by Crippen LogP contribution is 2.27. The molecule has 0 aliphatic heterocycles. The van der Waals surface area contributed by atoms with Gasteiger partial charge in [0.1, 0.15) is 6.61 Å². The summed E-state index contributed by atoms with van der Waals surface area (Å²) in [7, 11) is 0. The molecule has 0 N–H and O–H groups in total. The molecule has 0 fully saturated rings. The summed E-state index contributed by atoms with van der Waals surface area (Å²) in [5.41, 5.74) is -3.25. The molecule has 0 spiro atoms. The van der Waals surface area contributed by atoms with Crippen LogP contribution in [0.3, 0.4) is 0 Å². The predicted molar refractivity (Wildman–Crippen MR) is 91.8 cm³/mol. The normalized spacial score (nSPS) is 12.5. The lowest BCUT2D eigenvalue weighted by Crippen LogP contribution is -2.51. The lowest BCUT2D eigenvalue weighted by molar-refractivity contribution is -0.189. The van der Waals surface area contributed by atoms with Crippen molar-refractivity contribution in [3.05, 3.63) is 0 Å². The van der Waals surface area contributed by atoms with E-state index in [1.165, 1.54) is 0 Å². The summed E-state index contributed by atoms with van der Waals surface area (Å²) < 4.78 is 21.0. The van der Waals surface area contributed by atoms with Gasteiger partial charge in [0.15, 0.2) is 0 Å². The Morgan fingerprint density at radius 1 is 0.680 bits per heavy atom. The molecule has 0 heterocycles. The smallest absolute Gasteiger partial charge is 0.329 e. The molecule has 0 aliphatic carbocycles. The van der Waals surface area contributed by atoms with E-state index in [-0.39, 0.29) is 19.8 Å². The summed E-state index contributed by atoms with van der Waals surface area (Å²) >= 11 is 0. The third-order valence-corrected chi connectivity index (χ3v) is 3.15. The van der Waals surface area contributed by atoms with E-state index in [0.29, 0.717) is 0 Å². The Morgan fingerprint density at radius 3 is 1.44 bits per heavy atom. The Kier molecular flexibility index (Phi) is 8.58. The van der Waals surface area contributed by atoms with E-state index < -0.39 is 40.9 Å².